The summed E-state index contributed by atoms with van der Waals surface area (Å²) in [5, 5.41) is 0. The highest BCUT2D eigenvalue weighted by Crippen LogP contribution is 2.22. The Kier molecular flexibility index (Phi) is 3.86. The molecule has 2 amide bonds. The average Bonchev–Trinajstić information content (AvgIpc) is 2.90. The molecule has 0 N–H and O–H groups in total. The minimum atomic E-state index is -0.970. The van der Waals surface area contributed by atoms with Gasteiger partial charge in [0.2, 0.25) is 0 Å². The lowest BCUT2D eigenvalue weighted by molar-refractivity contribution is -0.162. The Morgan fingerprint density at radius 3 is 2.84 bits per heavy atom. The molecule has 1 unspecified atom stereocenters. The van der Waals surface area contributed by atoms with Crippen LogP contribution in [0.1, 0.15) is 16.6 Å². The third-order valence-electron chi connectivity index (χ3n) is 3.06. The number of hydrogen-bond donors (Lipinski definition) is 0. The summed E-state index contributed by atoms with van der Waals surface area (Å²) in [7, 11) is 3.36. The third kappa shape index (κ3) is 2.76. The zero-order chi connectivity index (χ0) is 14.0. The van der Waals surface area contributed by atoms with Gasteiger partial charge in [0.25, 0.3) is 11.8 Å². The van der Waals surface area contributed by atoms with E-state index in [1.165, 1.54) is 16.2 Å². The van der Waals surface area contributed by atoms with Crippen LogP contribution in [0.2, 0.25) is 0 Å². The van der Waals surface area contributed by atoms with Gasteiger partial charge in [-0.1, -0.05) is 0 Å². The minimum Gasteiger partial charge on any atom is -0.362 e. The zero-order valence-electron chi connectivity index (χ0n) is 11.3. The summed E-state index contributed by atoms with van der Waals surface area (Å²) >= 11 is 1.30. The Bertz CT molecular complexity index is 475. The van der Waals surface area contributed by atoms with Crippen molar-refractivity contribution in [2.75, 3.05) is 33.8 Å². The van der Waals surface area contributed by atoms with Gasteiger partial charge in [-0.05, 0) is 6.92 Å². The monoisotopic (exact) mass is 283 g/mol. The molecule has 19 heavy (non-hydrogen) atoms. The summed E-state index contributed by atoms with van der Waals surface area (Å²) in [5.74, 6) is -0.224. The van der Waals surface area contributed by atoms with Crippen molar-refractivity contribution < 1.29 is 14.3 Å². The predicted octanol–water partition coefficient (Wildman–Crippen LogP) is 0.462. The van der Waals surface area contributed by atoms with E-state index in [0.717, 1.165) is 0 Å². The number of hydrogen-bond acceptors (Lipinski definition) is 5. The van der Waals surface area contributed by atoms with Crippen LogP contribution in [0.4, 0.5) is 0 Å². The van der Waals surface area contributed by atoms with Crippen LogP contribution in [0.15, 0.2) is 11.7 Å². The Balaban J connectivity index is 2.13. The number of ether oxygens (including phenoxy) is 1. The molecule has 1 aromatic rings. The molecule has 1 aliphatic rings. The second-order valence-electron chi connectivity index (χ2n) is 4.87. The Morgan fingerprint density at radius 2 is 2.26 bits per heavy atom. The molecule has 0 aromatic carbocycles. The molecule has 0 aliphatic carbocycles. The van der Waals surface area contributed by atoms with Gasteiger partial charge in [-0.25, -0.2) is 0 Å². The summed E-state index contributed by atoms with van der Waals surface area (Å²) < 4.78 is 5.59. The smallest absolute Gasteiger partial charge is 0.265 e. The van der Waals surface area contributed by atoms with E-state index in [1.54, 1.807) is 37.6 Å². The molecule has 2 heterocycles. The summed E-state index contributed by atoms with van der Waals surface area (Å²) in [4.78, 5) is 32.0. The topological polar surface area (TPSA) is 62.7 Å². The number of aromatic nitrogens is 1. The van der Waals surface area contributed by atoms with E-state index in [1.807, 2.05) is 0 Å². The molecule has 104 valence electrons. The highest BCUT2D eigenvalue weighted by molar-refractivity contribution is 7.11. The zero-order valence-corrected chi connectivity index (χ0v) is 12.1. The average molecular weight is 283 g/mol. The molecule has 1 saturated heterocycles. The lowest BCUT2D eigenvalue weighted by Gasteiger charge is -2.40. The Morgan fingerprint density at radius 1 is 1.53 bits per heavy atom. The van der Waals surface area contributed by atoms with Gasteiger partial charge in [-0.3, -0.25) is 14.6 Å². The number of amides is 2. The fourth-order valence-corrected chi connectivity index (χ4v) is 2.71. The molecular formula is C12H17N3O3S. The van der Waals surface area contributed by atoms with Crippen LogP contribution >= 0.6 is 11.3 Å². The highest BCUT2D eigenvalue weighted by Gasteiger charge is 2.41. The maximum absolute atomic E-state index is 12.3. The van der Waals surface area contributed by atoms with E-state index in [0.29, 0.717) is 18.0 Å². The maximum Gasteiger partial charge on any atom is 0.265 e. The molecule has 6 nitrogen and oxygen atoms in total. The number of rotatable bonds is 2. The van der Waals surface area contributed by atoms with Gasteiger partial charge in [0.15, 0.2) is 5.60 Å². The molecule has 1 aromatic heterocycles. The van der Waals surface area contributed by atoms with Crippen molar-refractivity contribution in [1.29, 1.82) is 0 Å². The van der Waals surface area contributed by atoms with Crippen LogP contribution in [0.3, 0.4) is 0 Å². The quantitative estimate of drug-likeness (QED) is 0.791. The number of thiazole rings is 1. The van der Waals surface area contributed by atoms with E-state index in [4.69, 9.17) is 4.74 Å². The summed E-state index contributed by atoms with van der Waals surface area (Å²) in [6.07, 6.45) is 1.55. The summed E-state index contributed by atoms with van der Waals surface area (Å²) in [6.45, 7) is 2.84. The lowest BCUT2D eigenvalue weighted by atomic mass is 10.0. The normalized spacial score (nSPS) is 23.2. The Hall–Kier alpha value is -1.47. The first-order valence-electron chi connectivity index (χ1n) is 5.97. The second-order valence-corrected chi connectivity index (χ2v) is 5.76. The van der Waals surface area contributed by atoms with E-state index in [-0.39, 0.29) is 18.4 Å². The summed E-state index contributed by atoms with van der Waals surface area (Å²) in [6, 6.07) is 0. The number of morpholine rings is 1. The number of carbonyl (C=O) groups excluding carboxylic acids is 2. The maximum atomic E-state index is 12.3. The molecule has 0 bridgehead atoms. The van der Waals surface area contributed by atoms with Crippen molar-refractivity contribution in [3.63, 3.8) is 0 Å². The molecule has 1 atom stereocenters. The van der Waals surface area contributed by atoms with Gasteiger partial charge in [0.05, 0.1) is 24.9 Å². The van der Waals surface area contributed by atoms with Crippen LogP contribution in [-0.2, 0) is 9.53 Å². The molecule has 0 spiro atoms. The van der Waals surface area contributed by atoms with Gasteiger partial charge in [-0.15, -0.1) is 11.3 Å². The third-order valence-corrected chi connectivity index (χ3v) is 3.82. The molecule has 7 heteroatoms. The number of likely N-dealkylation sites (N-methyl/N-ethyl adjacent to an activating group) is 1. The van der Waals surface area contributed by atoms with Crippen molar-refractivity contribution in [3.8, 4) is 0 Å². The van der Waals surface area contributed by atoms with Crippen molar-refractivity contribution in [2.24, 2.45) is 0 Å². The van der Waals surface area contributed by atoms with Gasteiger partial charge < -0.3 is 14.5 Å². The molecule has 1 aliphatic heterocycles. The van der Waals surface area contributed by atoms with Gasteiger partial charge in [0, 0.05) is 20.6 Å². The van der Waals surface area contributed by atoms with Gasteiger partial charge in [-0.2, -0.15) is 0 Å². The van der Waals surface area contributed by atoms with E-state index in [2.05, 4.69) is 4.98 Å². The molecule has 0 saturated carbocycles. The minimum absolute atomic E-state index is 0.0939. The second kappa shape index (κ2) is 5.26. The number of carbonyl (C=O) groups is 2. The van der Waals surface area contributed by atoms with Crippen LogP contribution in [0.5, 0.6) is 0 Å². The van der Waals surface area contributed by atoms with Crippen LogP contribution < -0.4 is 0 Å². The fraction of sp³-hybridized carbons (Fsp3) is 0.583. The van der Waals surface area contributed by atoms with Crippen LogP contribution in [-0.4, -0.2) is 66.0 Å². The van der Waals surface area contributed by atoms with Crippen LogP contribution in [0, 0.1) is 0 Å². The standard InChI is InChI=1S/C12H17N3O3S/c1-12(11(17)14(2)3)7-15(4-5-18-12)10(16)9-6-13-8-19-9/h6,8H,4-5,7H2,1-3H3. The first kappa shape index (κ1) is 14.0. The molecule has 0 radical (unpaired) electrons. The van der Waals surface area contributed by atoms with E-state index >= 15 is 0 Å². The molecule has 1 fully saturated rings. The van der Waals surface area contributed by atoms with Crippen molar-refractivity contribution in [2.45, 2.75) is 12.5 Å². The van der Waals surface area contributed by atoms with E-state index < -0.39 is 5.60 Å². The first-order valence-corrected chi connectivity index (χ1v) is 6.85. The summed E-state index contributed by atoms with van der Waals surface area (Å²) in [5.41, 5.74) is 0.653. The highest BCUT2D eigenvalue weighted by atomic mass is 32.1. The van der Waals surface area contributed by atoms with Crippen molar-refractivity contribution >= 4 is 23.2 Å². The number of nitrogens with zero attached hydrogens (tertiary/aromatic N) is 3. The fourth-order valence-electron chi connectivity index (χ4n) is 2.12. The largest absolute Gasteiger partial charge is 0.362 e. The van der Waals surface area contributed by atoms with Crippen molar-refractivity contribution in [1.82, 2.24) is 14.8 Å². The lowest BCUT2D eigenvalue weighted by Crippen LogP contribution is -2.58. The molecular weight excluding hydrogens is 266 g/mol. The van der Waals surface area contributed by atoms with Crippen molar-refractivity contribution in [3.05, 3.63) is 16.6 Å². The SMILES string of the molecule is CN(C)C(=O)C1(C)CN(C(=O)c2cncs2)CCO1. The first-order chi connectivity index (χ1) is 8.94. The van der Waals surface area contributed by atoms with Crippen LogP contribution in [0.25, 0.3) is 0 Å². The van der Waals surface area contributed by atoms with Gasteiger partial charge >= 0.3 is 0 Å². The predicted molar refractivity (Wildman–Crippen MR) is 71.1 cm³/mol. The Labute approximate surface area is 116 Å². The van der Waals surface area contributed by atoms with Gasteiger partial charge in [0.1, 0.15) is 4.88 Å². The molecule has 2 rings (SSSR count). The van der Waals surface area contributed by atoms with E-state index in [9.17, 15) is 9.59 Å².